The second-order valence-electron chi connectivity index (χ2n) is 4.55. The number of methoxy groups -OCH3 is 1. The first kappa shape index (κ1) is 14.3. The molecule has 7 heteroatoms. The first-order valence-electron chi connectivity index (χ1n) is 5.99. The van der Waals surface area contributed by atoms with Crippen LogP contribution in [0.3, 0.4) is 0 Å². The molecular formula is C13H14FNO5. The summed E-state index contributed by atoms with van der Waals surface area (Å²) in [5.74, 6) is -2.58. The number of nitrogens with zero attached hydrogens (tertiary/aromatic N) is 1. The Hall–Kier alpha value is -2.15. The molecule has 6 nitrogen and oxygen atoms in total. The number of amides is 1. The fourth-order valence-corrected chi connectivity index (χ4v) is 2.23. The number of phenols is 1. The van der Waals surface area contributed by atoms with E-state index in [-0.39, 0.29) is 24.3 Å². The Morgan fingerprint density at radius 1 is 1.45 bits per heavy atom. The summed E-state index contributed by atoms with van der Waals surface area (Å²) in [6.45, 7) is -0.0705. The standard InChI is InChI=1S/C13H14FNO5/c1-20-13(19)11-5-8(17)6-15(11)12(18)9-3-2-7(16)4-10(9)14/h2-4,8,11,16-17H,5-6H2,1H3. The number of esters is 1. The van der Waals surface area contributed by atoms with Crippen molar-refractivity contribution < 1.29 is 28.9 Å². The van der Waals surface area contributed by atoms with Crippen LogP contribution in [-0.2, 0) is 9.53 Å². The third kappa shape index (κ3) is 2.57. The minimum atomic E-state index is -0.935. The van der Waals surface area contributed by atoms with Crippen LogP contribution in [0.4, 0.5) is 4.39 Å². The molecule has 0 bridgehead atoms. The Morgan fingerprint density at radius 3 is 2.75 bits per heavy atom. The molecule has 0 aromatic heterocycles. The Bertz CT molecular complexity index is 548. The molecule has 2 rings (SSSR count). The number of aliphatic hydroxyl groups excluding tert-OH is 1. The van der Waals surface area contributed by atoms with Crippen LogP contribution in [0.2, 0.25) is 0 Å². The highest BCUT2D eigenvalue weighted by atomic mass is 19.1. The summed E-state index contributed by atoms with van der Waals surface area (Å²) in [5, 5.41) is 18.7. The number of hydrogen-bond acceptors (Lipinski definition) is 5. The molecule has 2 N–H and O–H groups in total. The van der Waals surface area contributed by atoms with Crippen LogP contribution >= 0.6 is 0 Å². The predicted octanol–water partition coefficient (Wildman–Crippen LogP) is 0.280. The van der Waals surface area contributed by atoms with Crippen LogP contribution in [0, 0.1) is 5.82 Å². The number of hydrogen-bond donors (Lipinski definition) is 2. The van der Waals surface area contributed by atoms with Gasteiger partial charge in [-0.05, 0) is 12.1 Å². The molecule has 1 amide bonds. The van der Waals surface area contributed by atoms with Crippen molar-refractivity contribution in [3.63, 3.8) is 0 Å². The van der Waals surface area contributed by atoms with Gasteiger partial charge in [0.05, 0.1) is 18.8 Å². The van der Waals surface area contributed by atoms with Crippen molar-refractivity contribution in [3.8, 4) is 5.75 Å². The number of halogens is 1. The lowest BCUT2D eigenvalue weighted by Crippen LogP contribution is -2.41. The number of phenolic OH excluding ortho intramolecular Hbond substituents is 1. The van der Waals surface area contributed by atoms with Gasteiger partial charge in [-0.15, -0.1) is 0 Å². The quantitative estimate of drug-likeness (QED) is 0.761. The van der Waals surface area contributed by atoms with E-state index in [0.29, 0.717) is 0 Å². The van der Waals surface area contributed by atoms with Gasteiger partial charge >= 0.3 is 5.97 Å². The maximum Gasteiger partial charge on any atom is 0.328 e. The van der Waals surface area contributed by atoms with Crippen molar-refractivity contribution in [2.45, 2.75) is 18.6 Å². The number of likely N-dealkylation sites (tertiary alicyclic amines) is 1. The van der Waals surface area contributed by atoms with Crippen LogP contribution in [0.15, 0.2) is 18.2 Å². The number of ether oxygens (including phenoxy) is 1. The number of benzene rings is 1. The maximum atomic E-state index is 13.7. The molecule has 20 heavy (non-hydrogen) atoms. The molecule has 0 radical (unpaired) electrons. The fraction of sp³-hybridized carbons (Fsp3) is 0.385. The van der Waals surface area contributed by atoms with Gasteiger partial charge in [0.2, 0.25) is 0 Å². The minimum absolute atomic E-state index is 0.0537. The largest absolute Gasteiger partial charge is 0.508 e. The van der Waals surface area contributed by atoms with Gasteiger partial charge in [0.25, 0.3) is 5.91 Å². The Morgan fingerprint density at radius 2 is 2.15 bits per heavy atom. The van der Waals surface area contributed by atoms with Crippen molar-refractivity contribution in [1.82, 2.24) is 4.90 Å². The molecule has 1 fully saturated rings. The van der Waals surface area contributed by atoms with Crippen LogP contribution in [0.25, 0.3) is 0 Å². The SMILES string of the molecule is COC(=O)C1CC(O)CN1C(=O)c1ccc(O)cc1F. The summed E-state index contributed by atoms with van der Waals surface area (Å²) in [5.41, 5.74) is -0.272. The monoisotopic (exact) mass is 283 g/mol. The van der Waals surface area contributed by atoms with E-state index < -0.39 is 29.8 Å². The normalized spacial score (nSPS) is 21.9. The minimum Gasteiger partial charge on any atom is -0.508 e. The summed E-state index contributed by atoms with van der Waals surface area (Å²) in [4.78, 5) is 24.9. The van der Waals surface area contributed by atoms with Gasteiger partial charge in [0.15, 0.2) is 0 Å². The van der Waals surface area contributed by atoms with E-state index in [9.17, 15) is 19.1 Å². The molecule has 1 heterocycles. The third-order valence-corrected chi connectivity index (χ3v) is 3.20. The number of aromatic hydroxyl groups is 1. The molecule has 108 valence electrons. The first-order chi connectivity index (χ1) is 9.43. The summed E-state index contributed by atoms with van der Waals surface area (Å²) in [6, 6.07) is 2.19. The second-order valence-corrected chi connectivity index (χ2v) is 4.55. The van der Waals surface area contributed by atoms with Crippen LogP contribution < -0.4 is 0 Å². The van der Waals surface area contributed by atoms with Crippen molar-refractivity contribution >= 4 is 11.9 Å². The lowest BCUT2D eigenvalue weighted by atomic mass is 10.1. The fourth-order valence-electron chi connectivity index (χ4n) is 2.23. The van der Waals surface area contributed by atoms with Crippen LogP contribution in [0.5, 0.6) is 5.75 Å². The lowest BCUT2D eigenvalue weighted by Gasteiger charge is -2.22. The number of carbonyl (C=O) groups excluding carboxylic acids is 2. The van der Waals surface area contributed by atoms with Crippen molar-refractivity contribution in [2.24, 2.45) is 0 Å². The molecule has 1 aromatic carbocycles. The van der Waals surface area contributed by atoms with Gasteiger partial charge in [-0.25, -0.2) is 9.18 Å². The summed E-state index contributed by atoms with van der Waals surface area (Å²) in [6.07, 6.45) is -0.804. The lowest BCUT2D eigenvalue weighted by molar-refractivity contribution is -0.145. The van der Waals surface area contributed by atoms with E-state index in [2.05, 4.69) is 4.74 Å². The summed E-state index contributed by atoms with van der Waals surface area (Å²) in [7, 11) is 1.18. The molecule has 0 spiro atoms. The first-order valence-corrected chi connectivity index (χ1v) is 5.99. The number of aliphatic hydroxyl groups is 1. The number of rotatable bonds is 2. The molecule has 1 aromatic rings. The van der Waals surface area contributed by atoms with Gasteiger partial charge in [-0.2, -0.15) is 0 Å². The van der Waals surface area contributed by atoms with Crippen molar-refractivity contribution in [1.29, 1.82) is 0 Å². The zero-order chi connectivity index (χ0) is 14.9. The number of β-amino-alcohol motifs (C(OH)–C–C–N with tert-alkyl or cyclic N) is 1. The van der Waals surface area contributed by atoms with E-state index >= 15 is 0 Å². The molecule has 2 atom stereocenters. The average molecular weight is 283 g/mol. The van der Waals surface area contributed by atoms with E-state index in [1.807, 2.05) is 0 Å². The van der Waals surface area contributed by atoms with E-state index in [4.69, 9.17) is 5.11 Å². The Balaban J connectivity index is 2.29. The second kappa shape index (κ2) is 5.46. The smallest absolute Gasteiger partial charge is 0.328 e. The van der Waals surface area contributed by atoms with E-state index in [0.717, 1.165) is 17.0 Å². The van der Waals surface area contributed by atoms with Crippen LogP contribution in [-0.4, -0.2) is 52.8 Å². The molecule has 2 unspecified atom stereocenters. The van der Waals surface area contributed by atoms with E-state index in [1.165, 1.54) is 13.2 Å². The summed E-state index contributed by atoms with van der Waals surface area (Å²) >= 11 is 0. The molecule has 1 saturated heterocycles. The Kier molecular flexibility index (Phi) is 3.89. The Labute approximate surface area is 114 Å². The molecule has 0 saturated carbocycles. The summed E-state index contributed by atoms with van der Waals surface area (Å²) < 4.78 is 18.2. The topological polar surface area (TPSA) is 87.1 Å². The number of carbonyl (C=O) groups is 2. The van der Waals surface area contributed by atoms with Crippen LogP contribution in [0.1, 0.15) is 16.8 Å². The predicted molar refractivity (Wildman–Crippen MR) is 65.5 cm³/mol. The van der Waals surface area contributed by atoms with Gasteiger partial charge in [0.1, 0.15) is 17.6 Å². The maximum absolute atomic E-state index is 13.7. The molecule has 1 aliphatic heterocycles. The highest BCUT2D eigenvalue weighted by Gasteiger charge is 2.40. The third-order valence-electron chi connectivity index (χ3n) is 3.20. The molecule has 1 aliphatic rings. The highest BCUT2D eigenvalue weighted by Crippen LogP contribution is 2.24. The highest BCUT2D eigenvalue weighted by molar-refractivity contribution is 5.97. The average Bonchev–Trinajstić information content (AvgIpc) is 2.79. The zero-order valence-corrected chi connectivity index (χ0v) is 10.7. The molecule has 0 aliphatic carbocycles. The van der Waals surface area contributed by atoms with Gasteiger partial charge in [0, 0.05) is 19.0 Å². The van der Waals surface area contributed by atoms with Crippen molar-refractivity contribution in [3.05, 3.63) is 29.6 Å². The van der Waals surface area contributed by atoms with Gasteiger partial charge in [-0.3, -0.25) is 4.79 Å². The molecular weight excluding hydrogens is 269 g/mol. The zero-order valence-electron chi connectivity index (χ0n) is 10.7. The van der Waals surface area contributed by atoms with Crippen molar-refractivity contribution in [2.75, 3.05) is 13.7 Å². The van der Waals surface area contributed by atoms with E-state index in [1.54, 1.807) is 0 Å². The van der Waals surface area contributed by atoms with Gasteiger partial charge in [-0.1, -0.05) is 0 Å². The van der Waals surface area contributed by atoms with Gasteiger partial charge < -0.3 is 19.8 Å².